The number of carboxylic acid groups (broad SMARTS) is 1. The lowest BCUT2D eigenvalue weighted by Crippen LogP contribution is -2.20. The van der Waals surface area contributed by atoms with Crippen LogP contribution in [0.1, 0.15) is 24.8 Å². The minimum Gasteiger partial charge on any atom is -0.481 e. The first-order valence-corrected chi connectivity index (χ1v) is 8.15. The van der Waals surface area contributed by atoms with Crippen molar-refractivity contribution in [3.63, 3.8) is 0 Å². The number of benzene rings is 1. The fraction of sp³-hybridized carbons (Fsp3) is 0.375. The van der Waals surface area contributed by atoms with Crippen LogP contribution in [0.15, 0.2) is 36.4 Å². The Morgan fingerprint density at radius 3 is 2.76 bits per heavy atom. The number of amides is 1. The van der Waals surface area contributed by atoms with Gasteiger partial charge in [-0.15, -0.1) is 0 Å². The molecule has 0 aromatic heterocycles. The van der Waals surface area contributed by atoms with Gasteiger partial charge in [-0.25, -0.2) is 0 Å². The van der Waals surface area contributed by atoms with Gasteiger partial charge in [0.25, 0.3) is 0 Å². The van der Waals surface area contributed by atoms with Crippen molar-refractivity contribution in [1.82, 2.24) is 0 Å². The van der Waals surface area contributed by atoms with Crippen molar-refractivity contribution in [1.29, 1.82) is 0 Å². The highest BCUT2D eigenvalue weighted by Crippen LogP contribution is 2.21. The number of nitrogens with one attached hydrogen (secondary N) is 1. The SMILES string of the molecule is O=C(O)CCSCc1cccc(NC(=O)C2CC=CC2)c1. The van der Waals surface area contributed by atoms with Crippen LogP contribution < -0.4 is 5.32 Å². The first-order chi connectivity index (χ1) is 10.1. The molecule has 1 aromatic carbocycles. The highest BCUT2D eigenvalue weighted by Gasteiger charge is 2.19. The molecule has 2 rings (SSSR count). The Labute approximate surface area is 128 Å². The number of carbonyl (C=O) groups is 2. The minimum atomic E-state index is -0.770. The second-order valence-electron chi connectivity index (χ2n) is 5.03. The van der Waals surface area contributed by atoms with Crippen molar-refractivity contribution in [2.75, 3.05) is 11.1 Å². The van der Waals surface area contributed by atoms with Crippen LogP contribution in [0, 0.1) is 5.92 Å². The summed E-state index contributed by atoms with van der Waals surface area (Å²) in [6, 6.07) is 7.73. The molecule has 21 heavy (non-hydrogen) atoms. The Hall–Kier alpha value is -1.75. The molecule has 0 aliphatic heterocycles. The van der Waals surface area contributed by atoms with E-state index in [-0.39, 0.29) is 18.2 Å². The molecule has 1 aliphatic carbocycles. The molecule has 0 radical (unpaired) electrons. The van der Waals surface area contributed by atoms with Crippen LogP contribution >= 0.6 is 11.8 Å². The van der Waals surface area contributed by atoms with E-state index in [9.17, 15) is 9.59 Å². The lowest BCUT2D eigenvalue weighted by atomic mass is 10.1. The van der Waals surface area contributed by atoms with E-state index in [1.54, 1.807) is 11.8 Å². The summed E-state index contributed by atoms with van der Waals surface area (Å²) in [5, 5.41) is 11.5. The van der Waals surface area contributed by atoms with Gasteiger partial charge in [-0.2, -0.15) is 11.8 Å². The quantitative estimate of drug-likeness (QED) is 0.599. The Bertz CT molecular complexity index is 534. The average Bonchev–Trinajstić information content (AvgIpc) is 2.98. The number of carbonyl (C=O) groups excluding carboxylic acids is 1. The number of allylic oxidation sites excluding steroid dienone is 2. The maximum absolute atomic E-state index is 12.0. The molecule has 0 atom stereocenters. The highest BCUT2D eigenvalue weighted by molar-refractivity contribution is 7.98. The summed E-state index contributed by atoms with van der Waals surface area (Å²) in [5.74, 6) is 0.699. The Balaban J connectivity index is 1.82. The number of rotatable bonds is 7. The molecular formula is C16H19NO3S. The number of thioether (sulfide) groups is 1. The molecule has 1 aromatic rings. The molecule has 0 bridgehead atoms. The van der Waals surface area contributed by atoms with Gasteiger partial charge in [0.2, 0.25) is 5.91 Å². The van der Waals surface area contributed by atoms with Crippen LogP contribution in [-0.4, -0.2) is 22.7 Å². The number of hydrogen-bond donors (Lipinski definition) is 2. The smallest absolute Gasteiger partial charge is 0.304 e. The van der Waals surface area contributed by atoms with E-state index < -0.39 is 5.97 Å². The van der Waals surface area contributed by atoms with E-state index in [2.05, 4.69) is 5.32 Å². The first kappa shape index (κ1) is 15.6. The van der Waals surface area contributed by atoms with Gasteiger partial charge in [-0.05, 0) is 30.5 Å². The molecule has 0 saturated carbocycles. The van der Waals surface area contributed by atoms with Crippen LogP contribution in [0.4, 0.5) is 5.69 Å². The highest BCUT2D eigenvalue weighted by atomic mass is 32.2. The summed E-state index contributed by atoms with van der Waals surface area (Å²) in [6.07, 6.45) is 5.89. The Morgan fingerprint density at radius 2 is 2.05 bits per heavy atom. The summed E-state index contributed by atoms with van der Waals surface area (Å²) in [5.41, 5.74) is 1.90. The normalized spacial score (nSPS) is 14.3. The Kier molecular flexibility index (Phi) is 5.87. The molecule has 0 heterocycles. The molecule has 2 N–H and O–H groups in total. The second kappa shape index (κ2) is 7.88. The fourth-order valence-electron chi connectivity index (χ4n) is 2.16. The third kappa shape index (κ3) is 5.27. The van der Waals surface area contributed by atoms with E-state index in [1.165, 1.54) is 0 Å². The molecule has 0 fully saturated rings. The van der Waals surface area contributed by atoms with Crippen molar-refractivity contribution in [2.24, 2.45) is 5.92 Å². The summed E-state index contributed by atoms with van der Waals surface area (Å²) in [6.45, 7) is 0. The van der Waals surface area contributed by atoms with Crippen molar-refractivity contribution >= 4 is 29.3 Å². The molecule has 0 saturated heterocycles. The third-order valence-corrected chi connectivity index (χ3v) is 4.33. The zero-order valence-corrected chi connectivity index (χ0v) is 12.6. The molecule has 0 unspecified atom stereocenters. The zero-order chi connectivity index (χ0) is 15.1. The molecule has 4 nitrogen and oxygen atoms in total. The Morgan fingerprint density at radius 1 is 1.29 bits per heavy atom. The topological polar surface area (TPSA) is 66.4 Å². The fourth-order valence-corrected chi connectivity index (χ4v) is 3.04. The lowest BCUT2D eigenvalue weighted by Gasteiger charge is -2.11. The number of hydrogen-bond acceptors (Lipinski definition) is 3. The van der Waals surface area contributed by atoms with Crippen molar-refractivity contribution in [2.45, 2.75) is 25.0 Å². The van der Waals surface area contributed by atoms with Crippen LogP contribution in [0.5, 0.6) is 0 Å². The first-order valence-electron chi connectivity index (χ1n) is 6.99. The summed E-state index contributed by atoms with van der Waals surface area (Å²) >= 11 is 1.58. The summed E-state index contributed by atoms with van der Waals surface area (Å²) < 4.78 is 0. The van der Waals surface area contributed by atoms with E-state index >= 15 is 0 Å². The van der Waals surface area contributed by atoms with Gasteiger partial charge in [0, 0.05) is 23.1 Å². The third-order valence-electron chi connectivity index (χ3n) is 3.30. The maximum Gasteiger partial charge on any atom is 0.304 e. The summed E-state index contributed by atoms with van der Waals surface area (Å²) in [4.78, 5) is 22.5. The van der Waals surface area contributed by atoms with Crippen molar-refractivity contribution in [3.8, 4) is 0 Å². The number of carboxylic acids is 1. The maximum atomic E-state index is 12.0. The summed E-state index contributed by atoms with van der Waals surface area (Å²) in [7, 11) is 0. The van der Waals surface area contributed by atoms with Gasteiger partial charge < -0.3 is 10.4 Å². The predicted molar refractivity (Wildman–Crippen MR) is 85.4 cm³/mol. The van der Waals surface area contributed by atoms with Gasteiger partial charge in [0.15, 0.2) is 0 Å². The number of anilines is 1. The molecular weight excluding hydrogens is 286 g/mol. The van der Waals surface area contributed by atoms with Crippen LogP contribution in [0.25, 0.3) is 0 Å². The molecule has 5 heteroatoms. The second-order valence-corrected chi connectivity index (χ2v) is 6.13. The van der Waals surface area contributed by atoms with E-state index in [1.807, 2.05) is 36.4 Å². The van der Waals surface area contributed by atoms with E-state index in [4.69, 9.17) is 5.11 Å². The van der Waals surface area contributed by atoms with Crippen molar-refractivity contribution in [3.05, 3.63) is 42.0 Å². The van der Waals surface area contributed by atoms with Gasteiger partial charge in [0.05, 0.1) is 6.42 Å². The average molecular weight is 305 g/mol. The lowest BCUT2D eigenvalue weighted by molar-refractivity contribution is -0.136. The van der Waals surface area contributed by atoms with Crippen LogP contribution in [-0.2, 0) is 15.3 Å². The standard InChI is InChI=1S/C16H19NO3S/c18-15(19)8-9-21-11-12-4-3-7-14(10-12)17-16(20)13-5-1-2-6-13/h1-4,7,10,13H,5-6,8-9,11H2,(H,17,20)(H,18,19). The monoisotopic (exact) mass is 305 g/mol. The van der Waals surface area contributed by atoms with Crippen LogP contribution in [0.2, 0.25) is 0 Å². The molecule has 1 amide bonds. The zero-order valence-electron chi connectivity index (χ0n) is 11.7. The van der Waals surface area contributed by atoms with Gasteiger partial charge in [-0.1, -0.05) is 24.3 Å². The van der Waals surface area contributed by atoms with E-state index in [0.29, 0.717) is 5.75 Å². The molecule has 112 valence electrons. The molecule has 0 spiro atoms. The molecule has 1 aliphatic rings. The van der Waals surface area contributed by atoms with Gasteiger partial charge in [-0.3, -0.25) is 9.59 Å². The van der Waals surface area contributed by atoms with E-state index in [0.717, 1.165) is 29.8 Å². The largest absolute Gasteiger partial charge is 0.481 e. The predicted octanol–water partition coefficient (Wildman–Crippen LogP) is 3.30. The number of aliphatic carboxylic acids is 1. The minimum absolute atomic E-state index is 0.0543. The van der Waals surface area contributed by atoms with Gasteiger partial charge >= 0.3 is 5.97 Å². The van der Waals surface area contributed by atoms with Gasteiger partial charge in [0.1, 0.15) is 0 Å². The van der Waals surface area contributed by atoms with Crippen molar-refractivity contribution < 1.29 is 14.7 Å². The van der Waals surface area contributed by atoms with Crippen LogP contribution in [0.3, 0.4) is 0 Å².